The Morgan fingerprint density at radius 1 is 0.683 bits per heavy atom. The van der Waals surface area contributed by atoms with Crippen molar-refractivity contribution in [3.63, 3.8) is 0 Å². The van der Waals surface area contributed by atoms with Gasteiger partial charge < -0.3 is 38.1 Å². The third-order valence-corrected chi connectivity index (χ3v) is 6.47. The average Bonchev–Trinajstić information content (AvgIpc) is 2.84. The van der Waals surface area contributed by atoms with E-state index in [1.54, 1.807) is 0 Å². The normalized spacial score (nSPS) is 13.2. The molecule has 236 valence electrons. The summed E-state index contributed by atoms with van der Waals surface area (Å²) in [5.41, 5.74) is 2.55. The van der Waals surface area contributed by atoms with Crippen molar-refractivity contribution in [2.75, 3.05) is 90.3 Å². The Kier molecular flexibility index (Phi) is 18.0. The molecule has 0 fully saturated rings. The fourth-order valence-electron chi connectivity index (χ4n) is 4.61. The van der Waals surface area contributed by atoms with Crippen LogP contribution in [0, 0.1) is 0 Å². The van der Waals surface area contributed by atoms with Crippen LogP contribution in [-0.4, -0.2) is 129 Å². The van der Waals surface area contributed by atoms with E-state index in [0.717, 1.165) is 61.3 Å². The molecule has 2 rings (SSSR count). The van der Waals surface area contributed by atoms with Crippen LogP contribution in [0.3, 0.4) is 0 Å². The Balaban J connectivity index is 0.000000671. The summed E-state index contributed by atoms with van der Waals surface area (Å²) in [7, 11) is 3.52. The lowest BCUT2D eigenvalue weighted by Crippen LogP contribution is -2.49. The summed E-state index contributed by atoms with van der Waals surface area (Å²) >= 11 is 0. The van der Waals surface area contributed by atoms with Crippen LogP contribution in [0.25, 0.3) is 0 Å². The summed E-state index contributed by atoms with van der Waals surface area (Å²) in [6, 6.07) is 21.0. The first-order valence-corrected chi connectivity index (χ1v) is 15.5. The van der Waals surface area contributed by atoms with Crippen molar-refractivity contribution in [2.24, 2.45) is 0 Å². The topological polar surface area (TPSA) is 127 Å². The Morgan fingerprint density at radius 3 is 1.17 bits per heavy atom. The molecule has 2 N–H and O–H groups in total. The van der Waals surface area contributed by atoms with Crippen molar-refractivity contribution >= 4 is 21.8 Å². The van der Waals surface area contributed by atoms with E-state index in [9.17, 15) is 10.2 Å². The van der Waals surface area contributed by atoms with Gasteiger partial charge in [0.15, 0.2) is 0 Å². The SMILES string of the molecule is CCN(CC[N+](C)(C)CC(C)O)c1ccccc1.CCN(CC[N+](C)(C)CC(C)O)c1ccccc1.O=S(=O)([O-])[O-]. The first kappa shape index (κ1) is 38.8. The zero-order valence-electron chi connectivity index (χ0n) is 26.3. The number of quaternary nitrogens is 2. The fourth-order valence-corrected chi connectivity index (χ4v) is 4.61. The number of nitrogens with zero attached hydrogens (tertiary/aromatic N) is 4. The van der Waals surface area contributed by atoms with E-state index in [0.29, 0.717) is 0 Å². The minimum absolute atomic E-state index is 0.244. The second-order valence-electron chi connectivity index (χ2n) is 11.6. The van der Waals surface area contributed by atoms with Gasteiger partial charge in [-0.15, -0.1) is 0 Å². The second kappa shape index (κ2) is 19.0. The molecule has 0 aromatic heterocycles. The van der Waals surface area contributed by atoms with Crippen molar-refractivity contribution < 1.29 is 36.7 Å². The summed E-state index contributed by atoms with van der Waals surface area (Å²) in [5.74, 6) is 0. The molecule has 0 saturated carbocycles. The maximum absolute atomic E-state index is 9.50. The molecular weight excluding hydrogens is 544 g/mol. The molecule has 0 saturated heterocycles. The molecule has 0 radical (unpaired) electrons. The maximum Gasteiger partial charge on any atom is 0.104 e. The fraction of sp³-hybridized carbons (Fsp3) is 0.600. The van der Waals surface area contributed by atoms with Crippen LogP contribution in [0.1, 0.15) is 27.7 Å². The Bertz CT molecular complexity index is 958. The van der Waals surface area contributed by atoms with Crippen LogP contribution in [-0.2, 0) is 10.4 Å². The molecule has 0 heterocycles. The molecule has 2 aromatic carbocycles. The number of benzene rings is 2. The van der Waals surface area contributed by atoms with E-state index < -0.39 is 10.4 Å². The minimum atomic E-state index is -5.17. The highest BCUT2D eigenvalue weighted by Crippen LogP contribution is 2.14. The average molecular weight is 599 g/mol. The standard InChI is InChI=1S/2C15H27N2O.H2O4S/c2*1-5-16(15-9-7-6-8-10-15)11-12-17(3,4)13-14(2)18;1-5(2,3)4/h2*6-10,14,18H,5,11-13H2,1-4H3;(H2,1,2,3,4)/q2*+1;/p-2. The molecule has 0 aliphatic rings. The first-order chi connectivity index (χ1) is 18.9. The minimum Gasteiger partial charge on any atom is -0.759 e. The lowest BCUT2D eigenvalue weighted by Gasteiger charge is -2.34. The second-order valence-corrected chi connectivity index (χ2v) is 12.4. The van der Waals surface area contributed by atoms with Gasteiger partial charge in [0.1, 0.15) is 25.3 Å². The number of aliphatic hydroxyl groups is 2. The van der Waals surface area contributed by atoms with Crippen LogP contribution in [0.4, 0.5) is 11.4 Å². The third-order valence-electron chi connectivity index (χ3n) is 6.47. The summed E-state index contributed by atoms with van der Waals surface area (Å²) in [6.45, 7) is 15.8. The van der Waals surface area contributed by atoms with Crippen LogP contribution in [0.2, 0.25) is 0 Å². The highest BCUT2D eigenvalue weighted by Gasteiger charge is 2.20. The summed E-state index contributed by atoms with van der Waals surface area (Å²) in [4.78, 5) is 4.75. The molecule has 0 aliphatic heterocycles. The number of aliphatic hydroxyl groups excluding tert-OH is 2. The summed E-state index contributed by atoms with van der Waals surface area (Å²) in [5, 5.41) is 19.0. The highest BCUT2D eigenvalue weighted by molar-refractivity contribution is 7.79. The number of likely N-dealkylation sites (N-methyl/N-ethyl adjacent to an activating group) is 4. The van der Waals surface area contributed by atoms with E-state index in [1.807, 2.05) is 26.0 Å². The molecule has 0 aliphatic carbocycles. The van der Waals surface area contributed by atoms with Gasteiger partial charge >= 0.3 is 0 Å². The van der Waals surface area contributed by atoms with Crippen molar-refractivity contribution in [1.29, 1.82) is 0 Å². The van der Waals surface area contributed by atoms with Crippen LogP contribution < -0.4 is 9.80 Å². The van der Waals surface area contributed by atoms with Gasteiger partial charge in [0.25, 0.3) is 0 Å². The van der Waals surface area contributed by atoms with Gasteiger partial charge in [-0.2, -0.15) is 0 Å². The van der Waals surface area contributed by atoms with E-state index >= 15 is 0 Å². The maximum atomic E-state index is 9.50. The van der Waals surface area contributed by atoms with Gasteiger partial charge in [0, 0.05) is 34.9 Å². The van der Waals surface area contributed by atoms with Gasteiger partial charge in [-0.25, -0.2) is 0 Å². The van der Waals surface area contributed by atoms with Crippen LogP contribution in [0.15, 0.2) is 60.7 Å². The number of hydrogen-bond acceptors (Lipinski definition) is 8. The molecule has 2 unspecified atom stereocenters. The molecule has 11 heteroatoms. The number of anilines is 2. The van der Waals surface area contributed by atoms with E-state index in [-0.39, 0.29) is 12.2 Å². The Hall–Kier alpha value is -2.25. The lowest BCUT2D eigenvalue weighted by molar-refractivity contribution is -0.891. The van der Waals surface area contributed by atoms with Crippen molar-refractivity contribution in [2.45, 2.75) is 39.9 Å². The van der Waals surface area contributed by atoms with E-state index in [1.165, 1.54) is 11.4 Å². The number of para-hydroxylation sites is 2. The number of rotatable bonds is 14. The molecule has 2 aromatic rings. The monoisotopic (exact) mass is 598 g/mol. The summed E-state index contributed by atoms with van der Waals surface area (Å²) < 4.78 is 35.8. The zero-order chi connectivity index (χ0) is 31.7. The van der Waals surface area contributed by atoms with E-state index in [4.69, 9.17) is 17.5 Å². The predicted octanol–water partition coefficient (Wildman–Crippen LogP) is 2.60. The third kappa shape index (κ3) is 21.2. The lowest BCUT2D eigenvalue weighted by atomic mass is 10.2. The van der Waals surface area contributed by atoms with Crippen molar-refractivity contribution in [1.82, 2.24) is 0 Å². The van der Waals surface area contributed by atoms with E-state index in [2.05, 4.69) is 100 Å². The largest absolute Gasteiger partial charge is 0.759 e. The van der Waals surface area contributed by atoms with Crippen molar-refractivity contribution in [3.05, 3.63) is 60.7 Å². The van der Waals surface area contributed by atoms with Crippen LogP contribution in [0.5, 0.6) is 0 Å². The van der Waals surface area contributed by atoms with Gasteiger partial charge in [-0.05, 0) is 52.0 Å². The van der Waals surface area contributed by atoms with Gasteiger partial charge in [-0.3, -0.25) is 8.42 Å². The summed E-state index contributed by atoms with van der Waals surface area (Å²) in [6.07, 6.45) is -0.487. The van der Waals surface area contributed by atoms with Crippen molar-refractivity contribution in [3.8, 4) is 0 Å². The molecule has 10 nitrogen and oxygen atoms in total. The molecule has 41 heavy (non-hydrogen) atoms. The predicted molar refractivity (Wildman–Crippen MR) is 166 cm³/mol. The number of hydrogen-bond donors (Lipinski definition) is 2. The Labute approximate surface area is 249 Å². The molecular formula is C30H54N4O6S. The zero-order valence-corrected chi connectivity index (χ0v) is 27.1. The molecule has 2 atom stereocenters. The highest BCUT2D eigenvalue weighted by atomic mass is 32.3. The molecule has 0 amide bonds. The quantitative estimate of drug-likeness (QED) is 0.193. The van der Waals surface area contributed by atoms with Crippen LogP contribution >= 0.6 is 0 Å². The smallest absolute Gasteiger partial charge is 0.104 e. The van der Waals surface area contributed by atoms with Gasteiger partial charge in [0.2, 0.25) is 0 Å². The Morgan fingerprint density at radius 2 is 0.951 bits per heavy atom. The molecule has 0 bridgehead atoms. The van der Waals surface area contributed by atoms with Gasteiger partial charge in [-0.1, -0.05) is 36.4 Å². The van der Waals surface area contributed by atoms with Gasteiger partial charge in [0.05, 0.1) is 54.4 Å². The molecule has 0 spiro atoms. The first-order valence-electron chi connectivity index (χ1n) is 14.2.